The van der Waals surface area contributed by atoms with E-state index in [0.717, 1.165) is 11.1 Å². The van der Waals surface area contributed by atoms with Crippen LogP contribution in [-0.4, -0.2) is 0 Å². The average Bonchev–Trinajstić information content (AvgIpc) is 3.18. The minimum Gasteiger partial charge on any atom is -0.142 e. The number of hydrogen-bond donors (Lipinski definition) is 0. The first-order valence-electron chi connectivity index (χ1n) is 7.03. The van der Waals surface area contributed by atoms with E-state index in [4.69, 9.17) is 0 Å². The zero-order valence-corrected chi connectivity index (χ0v) is 13.9. The molecule has 0 radical (unpaired) electrons. The summed E-state index contributed by atoms with van der Waals surface area (Å²) < 4.78 is 2.54. The Hall–Kier alpha value is -2.26. The predicted molar refractivity (Wildman–Crippen MR) is 99.8 cm³/mol. The minimum absolute atomic E-state index is 1.13. The topological polar surface area (TPSA) is 0 Å². The van der Waals surface area contributed by atoms with E-state index in [1.807, 2.05) is 13.8 Å². The third-order valence-electron chi connectivity index (χ3n) is 3.79. The SMILES string of the molecule is CC#Cc1cc2c3ccsc3c(C#CC)cc2c2ccsc12. The molecule has 2 aromatic heterocycles. The summed E-state index contributed by atoms with van der Waals surface area (Å²) in [7, 11) is 0. The Morgan fingerprint density at radius 3 is 1.55 bits per heavy atom. The van der Waals surface area contributed by atoms with E-state index in [0.29, 0.717) is 0 Å². The predicted octanol–water partition coefficient (Wildman–Crippen LogP) is 6.01. The molecule has 4 rings (SSSR count). The van der Waals surface area contributed by atoms with Crippen LogP contribution in [0.3, 0.4) is 0 Å². The summed E-state index contributed by atoms with van der Waals surface area (Å²) in [5, 5.41) is 9.42. The molecule has 0 unspecified atom stereocenters. The fourth-order valence-electron chi connectivity index (χ4n) is 2.94. The first-order valence-corrected chi connectivity index (χ1v) is 8.79. The van der Waals surface area contributed by atoms with E-state index in [-0.39, 0.29) is 0 Å². The van der Waals surface area contributed by atoms with Gasteiger partial charge in [0.15, 0.2) is 0 Å². The van der Waals surface area contributed by atoms with Gasteiger partial charge in [-0.25, -0.2) is 0 Å². The lowest BCUT2D eigenvalue weighted by molar-refractivity contribution is 1.80. The van der Waals surface area contributed by atoms with E-state index < -0.39 is 0 Å². The molecule has 2 heteroatoms. The summed E-state index contributed by atoms with van der Waals surface area (Å²) in [6, 6.07) is 8.88. The normalized spacial score (nSPS) is 10.5. The number of thiophene rings is 2. The fraction of sp³-hybridized carbons (Fsp3) is 0.100. The molecule has 2 aromatic carbocycles. The van der Waals surface area contributed by atoms with Gasteiger partial charge in [-0.1, -0.05) is 11.8 Å². The standard InChI is InChI=1S/C20H12S2/c1-3-5-13-11-17-16-8-10-22-20(16)14(6-4-2)12-18(17)15-7-9-21-19(13)15/h7-12H,1-2H3. The summed E-state index contributed by atoms with van der Waals surface area (Å²) >= 11 is 3.52. The van der Waals surface area contributed by atoms with Crippen molar-refractivity contribution in [3.8, 4) is 23.7 Å². The molecule has 2 heterocycles. The summed E-state index contributed by atoms with van der Waals surface area (Å²) in [6.45, 7) is 3.79. The third-order valence-corrected chi connectivity index (χ3v) is 5.68. The van der Waals surface area contributed by atoms with Gasteiger partial charge in [0, 0.05) is 21.9 Å². The first kappa shape index (κ1) is 13.4. The van der Waals surface area contributed by atoms with Gasteiger partial charge in [0.1, 0.15) is 0 Å². The lowest BCUT2D eigenvalue weighted by Crippen LogP contribution is -1.83. The molecule has 0 bridgehead atoms. The van der Waals surface area contributed by atoms with E-state index in [1.54, 1.807) is 22.7 Å². The summed E-state index contributed by atoms with van der Waals surface area (Å²) in [4.78, 5) is 0. The van der Waals surface area contributed by atoms with Crippen LogP contribution in [0, 0.1) is 23.7 Å². The van der Waals surface area contributed by atoms with Crippen LogP contribution < -0.4 is 0 Å². The Labute approximate surface area is 137 Å². The molecule has 0 aliphatic rings. The van der Waals surface area contributed by atoms with Gasteiger partial charge in [-0.05, 0) is 59.6 Å². The van der Waals surface area contributed by atoms with Gasteiger partial charge in [0.25, 0.3) is 0 Å². The van der Waals surface area contributed by atoms with Crippen molar-refractivity contribution in [3.63, 3.8) is 0 Å². The van der Waals surface area contributed by atoms with Crippen molar-refractivity contribution in [2.24, 2.45) is 0 Å². The van der Waals surface area contributed by atoms with Crippen molar-refractivity contribution in [1.29, 1.82) is 0 Å². The largest absolute Gasteiger partial charge is 0.142 e. The van der Waals surface area contributed by atoms with Crippen LogP contribution in [0.5, 0.6) is 0 Å². The third kappa shape index (κ3) is 1.86. The van der Waals surface area contributed by atoms with E-state index in [2.05, 4.69) is 58.7 Å². The van der Waals surface area contributed by atoms with Gasteiger partial charge in [0.05, 0.1) is 9.40 Å². The Morgan fingerprint density at radius 2 is 1.14 bits per heavy atom. The Kier molecular flexibility index (Phi) is 3.16. The Bertz CT molecular complexity index is 1050. The minimum atomic E-state index is 1.13. The van der Waals surface area contributed by atoms with E-state index in [1.165, 1.54) is 30.9 Å². The van der Waals surface area contributed by atoms with Gasteiger partial charge >= 0.3 is 0 Å². The highest BCUT2D eigenvalue weighted by molar-refractivity contribution is 7.18. The highest BCUT2D eigenvalue weighted by Gasteiger charge is 2.12. The molecule has 0 aliphatic heterocycles. The molecule has 0 atom stereocenters. The molecule has 0 fully saturated rings. The van der Waals surface area contributed by atoms with E-state index in [9.17, 15) is 0 Å². The Balaban J connectivity index is 2.30. The van der Waals surface area contributed by atoms with Gasteiger partial charge in [0.2, 0.25) is 0 Å². The average molecular weight is 316 g/mol. The number of fused-ring (bicyclic) bond motifs is 5. The lowest BCUT2D eigenvalue weighted by Gasteiger charge is -2.06. The van der Waals surface area contributed by atoms with Crippen molar-refractivity contribution in [2.75, 3.05) is 0 Å². The second kappa shape index (κ2) is 5.18. The van der Waals surface area contributed by atoms with Crippen molar-refractivity contribution < 1.29 is 0 Å². The van der Waals surface area contributed by atoms with Crippen molar-refractivity contribution >= 4 is 53.6 Å². The lowest BCUT2D eigenvalue weighted by atomic mass is 9.98. The molecule has 0 saturated heterocycles. The van der Waals surface area contributed by atoms with Crippen molar-refractivity contribution in [3.05, 3.63) is 46.2 Å². The number of rotatable bonds is 0. The first-order chi connectivity index (χ1) is 10.8. The maximum Gasteiger partial charge on any atom is 0.0505 e. The van der Waals surface area contributed by atoms with Crippen molar-refractivity contribution in [2.45, 2.75) is 13.8 Å². The van der Waals surface area contributed by atoms with Crippen LogP contribution in [0.4, 0.5) is 0 Å². The smallest absolute Gasteiger partial charge is 0.0505 e. The fourth-order valence-corrected chi connectivity index (χ4v) is 4.70. The maximum atomic E-state index is 3.26. The van der Waals surface area contributed by atoms with Gasteiger partial charge in [-0.2, -0.15) is 0 Å². The second-order valence-corrected chi connectivity index (χ2v) is 6.85. The molecule has 0 saturated carbocycles. The number of hydrogen-bond acceptors (Lipinski definition) is 2. The van der Waals surface area contributed by atoms with Gasteiger partial charge in [-0.15, -0.1) is 34.5 Å². The van der Waals surface area contributed by atoms with Crippen LogP contribution in [0.1, 0.15) is 25.0 Å². The van der Waals surface area contributed by atoms with E-state index >= 15 is 0 Å². The molecule has 0 nitrogen and oxygen atoms in total. The molecule has 22 heavy (non-hydrogen) atoms. The van der Waals surface area contributed by atoms with Gasteiger partial charge in [-0.3, -0.25) is 0 Å². The summed E-state index contributed by atoms with van der Waals surface area (Å²) in [5.74, 6) is 12.6. The zero-order valence-electron chi connectivity index (χ0n) is 12.3. The van der Waals surface area contributed by atoms with Gasteiger partial charge < -0.3 is 0 Å². The summed E-state index contributed by atoms with van der Waals surface area (Å²) in [6.07, 6.45) is 0. The zero-order chi connectivity index (χ0) is 15.1. The van der Waals surface area contributed by atoms with Crippen LogP contribution in [0.15, 0.2) is 35.0 Å². The van der Waals surface area contributed by atoms with Crippen LogP contribution in [-0.2, 0) is 0 Å². The van der Waals surface area contributed by atoms with Crippen LogP contribution in [0.25, 0.3) is 30.9 Å². The molecule has 0 spiro atoms. The molecule has 0 amide bonds. The monoisotopic (exact) mass is 316 g/mol. The van der Waals surface area contributed by atoms with Crippen LogP contribution >= 0.6 is 22.7 Å². The molecule has 0 aliphatic carbocycles. The highest BCUT2D eigenvalue weighted by Crippen LogP contribution is 2.38. The molecule has 4 aromatic rings. The quantitative estimate of drug-likeness (QED) is 0.348. The molecular weight excluding hydrogens is 304 g/mol. The molecular formula is C20H12S2. The maximum absolute atomic E-state index is 3.26. The Morgan fingerprint density at radius 1 is 0.682 bits per heavy atom. The van der Waals surface area contributed by atoms with Crippen LogP contribution in [0.2, 0.25) is 0 Å². The van der Waals surface area contributed by atoms with Crippen molar-refractivity contribution in [1.82, 2.24) is 0 Å². The molecule has 104 valence electrons. The highest BCUT2D eigenvalue weighted by atomic mass is 32.1. The second-order valence-electron chi connectivity index (χ2n) is 5.02. The molecule has 0 N–H and O–H groups in total. The number of benzene rings is 2. The summed E-state index contributed by atoms with van der Waals surface area (Å²) in [5.41, 5.74) is 2.25.